The number of benzene rings is 1. The number of hydrogen-bond donors (Lipinski definition) is 2. The van der Waals surface area contributed by atoms with Gasteiger partial charge in [0.05, 0.1) is 13.0 Å². The maximum Gasteiger partial charge on any atom is 0.306 e. The highest BCUT2D eigenvalue weighted by Gasteiger charge is 2.39. The Labute approximate surface area is 126 Å². The van der Waals surface area contributed by atoms with Gasteiger partial charge < -0.3 is 10.5 Å². The van der Waals surface area contributed by atoms with E-state index in [-0.39, 0.29) is 17.2 Å². The van der Waals surface area contributed by atoms with Gasteiger partial charge in [0.1, 0.15) is 5.84 Å². The summed E-state index contributed by atoms with van der Waals surface area (Å²) in [6.45, 7) is 4.87. The number of rotatable bonds is 5. The molecule has 4 heteroatoms. The molecule has 0 aliphatic carbocycles. The Balaban J connectivity index is 2.29. The van der Waals surface area contributed by atoms with Crippen molar-refractivity contribution in [3.8, 4) is 0 Å². The fourth-order valence-electron chi connectivity index (χ4n) is 3.27. The Morgan fingerprint density at radius 3 is 2.62 bits per heavy atom. The van der Waals surface area contributed by atoms with Crippen LogP contribution in [0.4, 0.5) is 0 Å². The molecule has 1 fully saturated rings. The Morgan fingerprint density at radius 1 is 1.43 bits per heavy atom. The van der Waals surface area contributed by atoms with E-state index in [1.165, 1.54) is 5.56 Å². The first kappa shape index (κ1) is 15.5. The zero-order valence-electron chi connectivity index (χ0n) is 12.8. The summed E-state index contributed by atoms with van der Waals surface area (Å²) in [5.74, 6) is 0.322. The van der Waals surface area contributed by atoms with Crippen LogP contribution in [0.2, 0.25) is 0 Å². The minimum atomic E-state index is -0.0924. The molecule has 3 N–H and O–H groups in total. The highest BCUT2D eigenvalue weighted by molar-refractivity contribution is 5.94. The van der Waals surface area contributed by atoms with Gasteiger partial charge >= 0.3 is 5.97 Å². The zero-order valence-corrected chi connectivity index (χ0v) is 12.8. The van der Waals surface area contributed by atoms with Crippen molar-refractivity contribution in [1.82, 2.24) is 0 Å². The van der Waals surface area contributed by atoms with Gasteiger partial charge in [-0.3, -0.25) is 10.2 Å². The van der Waals surface area contributed by atoms with E-state index in [2.05, 4.69) is 13.8 Å². The predicted molar refractivity (Wildman–Crippen MR) is 83.4 cm³/mol. The molecule has 0 spiro atoms. The van der Waals surface area contributed by atoms with Crippen LogP contribution in [0.3, 0.4) is 0 Å². The standard InChI is InChI=1S/C17H24N2O2/c1-3-4-14(17(2)9-10-21-15(20)11-17)12-5-7-13(8-6-12)16(18)19/h5-8,14H,3-4,9-11H2,1-2H3,(H3,18,19). The molecule has 1 aromatic carbocycles. The van der Waals surface area contributed by atoms with Crippen LogP contribution in [0, 0.1) is 10.8 Å². The summed E-state index contributed by atoms with van der Waals surface area (Å²) in [6, 6.07) is 7.88. The third kappa shape index (κ3) is 3.43. The molecule has 0 radical (unpaired) electrons. The highest BCUT2D eigenvalue weighted by Crippen LogP contribution is 2.46. The van der Waals surface area contributed by atoms with Crippen molar-refractivity contribution in [3.63, 3.8) is 0 Å². The van der Waals surface area contributed by atoms with Gasteiger partial charge in [-0.15, -0.1) is 0 Å². The fourth-order valence-corrected chi connectivity index (χ4v) is 3.27. The summed E-state index contributed by atoms with van der Waals surface area (Å²) in [5, 5.41) is 7.47. The molecular formula is C17H24N2O2. The second kappa shape index (κ2) is 6.29. The maximum atomic E-state index is 11.7. The second-order valence-electron chi connectivity index (χ2n) is 6.18. The van der Waals surface area contributed by atoms with Crippen molar-refractivity contribution < 1.29 is 9.53 Å². The first-order valence-electron chi connectivity index (χ1n) is 7.56. The number of ether oxygens (including phenoxy) is 1. The lowest BCUT2D eigenvalue weighted by Gasteiger charge is -2.40. The molecule has 114 valence electrons. The molecule has 0 bridgehead atoms. The summed E-state index contributed by atoms with van der Waals surface area (Å²) < 4.78 is 5.10. The number of hydrogen-bond acceptors (Lipinski definition) is 3. The largest absolute Gasteiger partial charge is 0.466 e. The minimum absolute atomic E-state index is 0.0525. The quantitative estimate of drug-likeness (QED) is 0.496. The fraction of sp³-hybridized carbons (Fsp3) is 0.529. The summed E-state index contributed by atoms with van der Waals surface area (Å²) in [6.07, 6.45) is 3.50. The number of nitrogen functional groups attached to an aromatic ring is 1. The van der Waals surface area contributed by atoms with Crippen LogP contribution in [0.15, 0.2) is 24.3 Å². The maximum absolute atomic E-state index is 11.7. The molecule has 1 aliphatic rings. The lowest BCUT2D eigenvalue weighted by molar-refractivity contribution is -0.153. The summed E-state index contributed by atoms with van der Waals surface area (Å²) in [4.78, 5) is 11.7. The van der Waals surface area contributed by atoms with E-state index in [9.17, 15) is 4.79 Å². The van der Waals surface area contributed by atoms with E-state index >= 15 is 0 Å². The van der Waals surface area contributed by atoms with Gasteiger partial charge in [-0.2, -0.15) is 0 Å². The van der Waals surface area contributed by atoms with Crippen molar-refractivity contribution in [1.29, 1.82) is 5.41 Å². The van der Waals surface area contributed by atoms with Gasteiger partial charge in [-0.25, -0.2) is 0 Å². The predicted octanol–water partition coefficient (Wildman–Crippen LogP) is 3.20. The summed E-state index contributed by atoms with van der Waals surface area (Å²) >= 11 is 0. The van der Waals surface area contributed by atoms with Crippen LogP contribution < -0.4 is 5.73 Å². The number of carbonyl (C=O) groups excluding carboxylic acids is 1. The Bertz CT molecular complexity index is 524. The SMILES string of the molecule is CCCC(c1ccc(C(=N)N)cc1)C1(C)CCOC(=O)C1. The molecule has 21 heavy (non-hydrogen) atoms. The monoisotopic (exact) mass is 288 g/mol. The Kier molecular flexibility index (Phi) is 4.66. The second-order valence-corrected chi connectivity index (χ2v) is 6.18. The van der Waals surface area contributed by atoms with E-state index in [0.29, 0.717) is 18.9 Å². The van der Waals surface area contributed by atoms with Crippen LogP contribution in [0.1, 0.15) is 56.6 Å². The van der Waals surface area contributed by atoms with Crippen LogP contribution in [-0.4, -0.2) is 18.4 Å². The van der Waals surface area contributed by atoms with Gasteiger partial charge in [-0.05, 0) is 29.7 Å². The first-order chi connectivity index (χ1) is 9.96. The van der Waals surface area contributed by atoms with Crippen molar-refractivity contribution in [2.45, 2.75) is 45.4 Å². The lowest BCUT2D eigenvalue weighted by Crippen LogP contribution is -2.35. The van der Waals surface area contributed by atoms with Gasteiger partial charge in [0.15, 0.2) is 0 Å². The topological polar surface area (TPSA) is 76.2 Å². The molecule has 1 aromatic rings. The van der Waals surface area contributed by atoms with Crippen LogP contribution in [0.25, 0.3) is 0 Å². The van der Waals surface area contributed by atoms with Crippen LogP contribution in [-0.2, 0) is 9.53 Å². The number of nitrogens with one attached hydrogen (secondary N) is 1. The van der Waals surface area contributed by atoms with Gasteiger partial charge in [0.25, 0.3) is 0 Å². The highest BCUT2D eigenvalue weighted by atomic mass is 16.5. The molecule has 4 nitrogen and oxygen atoms in total. The van der Waals surface area contributed by atoms with E-state index in [1.807, 2.05) is 24.3 Å². The summed E-state index contributed by atoms with van der Waals surface area (Å²) in [7, 11) is 0. The average Bonchev–Trinajstić information content (AvgIpc) is 2.44. The van der Waals surface area contributed by atoms with E-state index in [1.54, 1.807) is 0 Å². The van der Waals surface area contributed by atoms with Crippen molar-refractivity contribution in [2.24, 2.45) is 11.1 Å². The van der Waals surface area contributed by atoms with Gasteiger partial charge in [-0.1, -0.05) is 44.5 Å². The number of amidine groups is 1. The normalized spacial score (nSPS) is 23.4. The smallest absolute Gasteiger partial charge is 0.306 e. The molecular weight excluding hydrogens is 264 g/mol. The average molecular weight is 288 g/mol. The third-order valence-corrected chi connectivity index (χ3v) is 4.53. The van der Waals surface area contributed by atoms with Gasteiger partial charge in [0, 0.05) is 5.56 Å². The molecule has 1 heterocycles. The lowest BCUT2D eigenvalue weighted by atomic mass is 9.67. The molecule has 1 saturated heterocycles. The number of esters is 1. The number of cyclic esters (lactones) is 1. The molecule has 0 amide bonds. The number of nitrogens with two attached hydrogens (primary N) is 1. The molecule has 0 aromatic heterocycles. The van der Waals surface area contributed by atoms with Crippen LogP contribution >= 0.6 is 0 Å². The third-order valence-electron chi connectivity index (χ3n) is 4.53. The molecule has 2 rings (SSSR count). The number of carbonyl (C=O) groups is 1. The van der Waals surface area contributed by atoms with Crippen molar-refractivity contribution in [2.75, 3.05) is 6.61 Å². The van der Waals surface area contributed by atoms with Crippen molar-refractivity contribution >= 4 is 11.8 Å². The molecule has 2 unspecified atom stereocenters. The van der Waals surface area contributed by atoms with E-state index < -0.39 is 0 Å². The molecule has 0 saturated carbocycles. The summed E-state index contributed by atoms with van der Waals surface area (Å²) in [5.41, 5.74) is 7.41. The molecule has 1 aliphatic heterocycles. The zero-order chi connectivity index (χ0) is 15.5. The van der Waals surface area contributed by atoms with E-state index in [0.717, 1.165) is 24.8 Å². The minimum Gasteiger partial charge on any atom is -0.466 e. The van der Waals surface area contributed by atoms with Crippen molar-refractivity contribution in [3.05, 3.63) is 35.4 Å². The van der Waals surface area contributed by atoms with E-state index in [4.69, 9.17) is 15.9 Å². The Hall–Kier alpha value is -1.84. The van der Waals surface area contributed by atoms with Crippen LogP contribution in [0.5, 0.6) is 0 Å². The van der Waals surface area contributed by atoms with Gasteiger partial charge in [0.2, 0.25) is 0 Å². The first-order valence-corrected chi connectivity index (χ1v) is 7.56. The Morgan fingerprint density at radius 2 is 2.10 bits per heavy atom. The molecule has 2 atom stereocenters.